The maximum absolute atomic E-state index is 14.4. The molecule has 7 heteroatoms. The van der Waals surface area contributed by atoms with Crippen molar-refractivity contribution in [1.29, 1.82) is 0 Å². The number of aliphatic hydroxyl groups excluding tert-OH is 1. The van der Waals surface area contributed by atoms with Gasteiger partial charge in [-0.2, -0.15) is 0 Å². The maximum atomic E-state index is 14.4. The number of piperidine rings is 1. The average Bonchev–Trinajstić information content (AvgIpc) is 3.25. The Bertz CT molecular complexity index is 894. The van der Waals surface area contributed by atoms with E-state index < -0.39 is 0 Å². The van der Waals surface area contributed by atoms with Crippen LogP contribution in [0.25, 0.3) is 0 Å². The van der Waals surface area contributed by atoms with Crippen LogP contribution in [0, 0.1) is 11.7 Å². The molecule has 0 radical (unpaired) electrons. The van der Waals surface area contributed by atoms with Crippen molar-refractivity contribution in [1.82, 2.24) is 0 Å². The highest BCUT2D eigenvalue weighted by molar-refractivity contribution is 5.53. The van der Waals surface area contributed by atoms with Gasteiger partial charge in [0.2, 0.25) is 0 Å². The van der Waals surface area contributed by atoms with Gasteiger partial charge in [0.25, 0.3) is 0 Å². The molecule has 4 rings (SSSR count). The lowest BCUT2D eigenvalue weighted by Crippen LogP contribution is -2.44. The Morgan fingerprint density at radius 3 is 2.47 bits per heavy atom. The molecule has 0 saturated carbocycles. The van der Waals surface area contributed by atoms with Gasteiger partial charge in [-0.25, -0.2) is 4.39 Å². The van der Waals surface area contributed by atoms with Gasteiger partial charge in [-0.1, -0.05) is 6.92 Å². The van der Waals surface area contributed by atoms with Crippen LogP contribution in [0.15, 0.2) is 42.5 Å². The summed E-state index contributed by atoms with van der Waals surface area (Å²) in [4.78, 5) is 4.27. The Balaban J connectivity index is 1.37. The molecule has 2 aromatic carbocycles. The van der Waals surface area contributed by atoms with Crippen molar-refractivity contribution in [3.8, 4) is 11.5 Å². The number of rotatable bonds is 7. The molecule has 2 heterocycles. The Labute approximate surface area is 189 Å². The SMILES string of the molecule is COc1ccc(F)c(N2CCC(Oc3ccc(N4C[C@H](OC)C[C@@H]4CO)cc3)C(C)C2)c1. The number of ether oxygens (including phenoxy) is 3. The van der Waals surface area contributed by atoms with Crippen molar-refractivity contribution in [2.24, 2.45) is 5.92 Å². The number of hydrogen-bond acceptors (Lipinski definition) is 6. The quantitative estimate of drug-likeness (QED) is 0.703. The topological polar surface area (TPSA) is 54.4 Å². The molecule has 0 spiro atoms. The van der Waals surface area contributed by atoms with E-state index in [1.54, 1.807) is 26.4 Å². The normalized spacial score (nSPS) is 25.8. The highest BCUT2D eigenvalue weighted by Gasteiger charge is 2.32. The third-order valence-electron chi connectivity index (χ3n) is 6.70. The molecule has 2 aliphatic heterocycles. The van der Waals surface area contributed by atoms with Crippen LogP contribution in [0.2, 0.25) is 0 Å². The fourth-order valence-electron chi connectivity index (χ4n) is 4.80. The van der Waals surface area contributed by atoms with Crippen molar-refractivity contribution >= 4 is 11.4 Å². The van der Waals surface area contributed by atoms with Crippen molar-refractivity contribution in [2.75, 3.05) is 50.3 Å². The first-order chi connectivity index (χ1) is 15.5. The summed E-state index contributed by atoms with van der Waals surface area (Å²) in [6.07, 6.45) is 1.85. The molecule has 174 valence electrons. The zero-order chi connectivity index (χ0) is 22.7. The van der Waals surface area contributed by atoms with E-state index in [-0.39, 0.29) is 36.6 Å². The highest BCUT2D eigenvalue weighted by atomic mass is 19.1. The van der Waals surface area contributed by atoms with Gasteiger partial charge in [-0.3, -0.25) is 0 Å². The van der Waals surface area contributed by atoms with Crippen LogP contribution < -0.4 is 19.3 Å². The molecule has 6 nitrogen and oxygen atoms in total. The Morgan fingerprint density at radius 2 is 1.81 bits per heavy atom. The van der Waals surface area contributed by atoms with Crippen LogP contribution in [0.5, 0.6) is 11.5 Å². The smallest absolute Gasteiger partial charge is 0.146 e. The summed E-state index contributed by atoms with van der Waals surface area (Å²) in [6.45, 7) is 4.48. The van der Waals surface area contributed by atoms with E-state index in [0.29, 0.717) is 11.4 Å². The number of hydrogen-bond donors (Lipinski definition) is 1. The number of nitrogens with zero attached hydrogens (tertiary/aromatic N) is 2. The van der Waals surface area contributed by atoms with Crippen LogP contribution in [0.4, 0.5) is 15.8 Å². The lowest BCUT2D eigenvalue weighted by molar-refractivity contribution is 0.115. The predicted molar refractivity (Wildman–Crippen MR) is 123 cm³/mol. The largest absolute Gasteiger partial charge is 0.497 e. The van der Waals surface area contributed by atoms with Gasteiger partial charge < -0.3 is 29.1 Å². The molecule has 2 unspecified atom stereocenters. The van der Waals surface area contributed by atoms with Crippen molar-refractivity contribution < 1.29 is 23.7 Å². The zero-order valence-electron chi connectivity index (χ0n) is 19.0. The molecular weight excluding hydrogens is 411 g/mol. The van der Waals surface area contributed by atoms with Crippen LogP contribution in [0.1, 0.15) is 19.8 Å². The van der Waals surface area contributed by atoms with Gasteiger partial charge in [0, 0.05) is 50.8 Å². The molecule has 2 aromatic rings. The van der Waals surface area contributed by atoms with Gasteiger partial charge >= 0.3 is 0 Å². The van der Waals surface area contributed by atoms with Gasteiger partial charge in [0.1, 0.15) is 23.4 Å². The second kappa shape index (κ2) is 9.96. The third kappa shape index (κ3) is 4.79. The molecule has 0 aromatic heterocycles. The van der Waals surface area contributed by atoms with E-state index in [1.165, 1.54) is 6.07 Å². The first-order valence-electron chi connectivity index (χ1n) is 11.3. The summed E-state index contributed by atoms with van der Waals surface area (Å²) in [5.74, 6) is 1.50. The van der Waals surface area contributed by atoms with Gasteiger partial charge in [0.05, 0.1) is 31.5 Å². The zero-order valence-corrected chi connectivity index (χ0v) is 19.0. The molecule has 32 heavy (non-hydrogen) atoms. The van der Waals surface area contributed by atoms with Crippen molar-refractivity contribution in [3.63, 3.8) is 0 Å². The second-order valence-electron chi connectivity index (χ2n) is 8.76. The van der Waals surface area contributed by atoms with E-state index in [4.69, 9.17) is 14.2 Å². The molecule has 4 atom stereocenters. The summed E-state index contributed by atoms with van der Waals surface area (Å²) in [7, 11) is 3.31. The summed E-state index contributed by atoms with van der Waals surface area (Å²) >= 11 is 0. The number of benzene rings is 2. The number of halogens is 1. The predicted octanol–water partition coefficient (Wildman–Crippen LogP) is 3.71. The Kier molecular flexibility index (Phi) is 7.06. The Hall–Kier alpha value is -2.51. The summed E-state index contributed by atoms with van der Waals surface area (Å²) in [5.41, 5.74) is 1.64. The summed E-state index contributed by atoms with van der Waals surface area (Å²) in [5, 5.41) is 9.70. The van der Waals surface area contributed by atoms with E-state index >= 15 is 0 Å². The average molecular weight is 445 g/mol. The molecule has 1 N–H and O–H groups in total. The lowest BCUT2D eigenvalue weighted by atomic mass is 9.95. The number of aliphatic hydroxyl groups is 1. The first kappa shape index (κ1) is 22.7. The van der Waals surface area contributed by atoms with Crippen molar-refractivity contribution in [2.45, 2.75) is 38.0 Å². The van der Waals surface area contributed by atoms with E-state index in [9.17, 15) is 9.50 Å². The molecule has 0 aliphatic carbocycles. The molecule has 2 aliphatic rings. The van der Waals surface area contributed by atoms with Gasteiger partial charge in [-0.05, 0) is 42.8 Å². The van der Waals surface area contributed by atoms with Gasteiger partial charge in [0.15, 0.2) is 0 Å². The minimum absolute atomic E-state index is 0.0700. The van der Waals surface area contributed by atoms with Gasteiger partial charge in [-0.15, -0.1) is 0 Å². The van der Waals surface area contributed by atoms with Crippen LogP contribution >= 0.6 is 0 Å². The monoisotopic (exact) mass is 444 g/mol. The second-order valence-corrected chi connectivity index (χ2v) is 8.76. The Morgan fingerprint density at radius 1 is 1.06 bits per heavy atom. The lowest BCUT2D eigenvalue weighted by Gasteiger charge is -2.38. The van der Waals surface area contributed by atoms with Crippen LogP contribution in [0.3, 0.4) is 0 Å². The van der Waals surface area contributed by atoms with E-state index in [0.717, 1.165) is 43.9 Å². The number of anilines is 2. The van der Waals surface area contributed by atoms with E-state index in [1.807, 2.05) is 24.3 Å². The van der Waals surface area contributed by atoms with Crippen LogP contribution in [-0.2, 0) is 4.74 Å². The maximum Gasteiger partial charge on any atom is 0.146 e. The molecular formula is C25H33FN2O4. The first-order valence-corrected chi connectivity index (χ1v) is 11.3. The molecule has 2 saturated heterocycles. The third-order valence-corrected chi connectivity index (χ3v) is 6.70. The van der Waals surface area contributed by atoms with Crippen LogP contribution in [-0.4, -0.2) is 63.8 Å². The van der Waals surface area contributed by atoms with E-state index in [2.05, 4.69) is 16.7 Å². The molecule has 2 fully saturated rings. The fraction of sp³-hybridized carbons (Fsp3) is 0.520. The molecule has 0 amide bonds. The number of methoxy groups -OCH3 is 2. The summed E-state index contributed by atoms with van der Waals surface area (Å²) in [6, 6.07) is 13.0. The molecule has 0 bridgehead atoms. The van der Waals surface area contributed by atoms with Crippen molar-refractivity contribution in [3.05, 3.63) is 48.3 Å². The standard InChI is InChI=1S/C25H33FN2O4/c1-17-14-27(24-13-21(30-2)8-9-23(24)26)11-10-25(17)32-20-6-4-18(5-7-20)28-15-22(31-3)12-19(28)16-29/h4-9,13,17,19,22,25,29H,10-12,14-16H2,1-3H3/t17?,19-,22-,25?/m1/s1. The highest BCUT2D eigenvalue weighted by Crippen LogP contribution is 2.32. The minimum atomic E-state index is -0.230. The minimum Gasteiger partial charge on any atom is -0.497 e. The summed E-state index contributed by atoms with van der Waals surface area (Å²) < 4.78 is 31.4. The fourth-order valence-corrected chi connectivity index (χ4v) is 4.80.